The molecular formula is C11H19N5O3. The molecule has 0 aliphatic heterocycles. The Morgan fingerprint density at radius 2 is 2.21 bits per heavy atom. The summed E-state index contributed by atoms with van der Waals surface area (Å²) in [5.41, 5.74) is 0.521. The SMILES string of the molecule is CC(C)CN(C)C(=O)NCc1cn(CC(=O)O)nn1. The van der Waals surface area contributed by atoms with Crippen LogP contribution in [-0.4, -0.2) is 50.6 Å². The fraction of sp³-hybridized carbons (Fsp3) is 0.636. The van der Waals surface area contributed by atoms with Gasteiger partial charge in [-0.2, -0.15) is 0 Å². The molecule has 1 heterocycles. The van der Waals surface area contributed by atoms with Crippen molar-refractivity contribution in [1.29, 1.82) is 0 Å². The Kier molecular flexibility index (Phi) is 5.28. The lowest BCUT2D eigenvalue weighted by atomic mass is 10.2. The van der Waals surface area contributed by atoms with E-state index < -0.39 is 5.97 Å². The van der Waals surface area contributed by atoms with Gasteiger partial charge in [-0.05, 0) is 5.92 Å². The van der Waals surface area contributed by atoms with Crippen LogP contribution in [-0.2, 0) is 17.9 Å². The molecule has 0 radical (unpaired) electrons. The van der Waals surface area contributed by atoms with Crippen molar-refractivity contribution in [2.45, 2.75) is 26.9 Å². The monoisotopic (exact) mass is 269 g/mol. The maximum absolute atomic E-state index is 11.7. The summed E-state index contributed by atoms with van der Waals surface area (Å²) in [6.07, 6.45) is 1.50. The molecule has 0 bridgehead atoms. The molecule has 0 fully saturated rings. The van der Waals surface area contributed by atoms with Gasteiger partial charge in [-0.1, -0.05) is 19.1 Å². The summed E-state index contributed by atoms with van der Waals surface area (Å²) in [7, 11) is 1.72. The van der Waals surface area contributed by atoms with Crippen molar-refractivity contribution in [3.63, 3.8) is 0 Å². The van der Waals surface area contributed by atoms with Crippen LogP contribution in [0.4, 0.5) is 4.79 Å². The Bertz CT molecular complexity index is 443. The van der Waals surface area contributed by atoms with Crippen LogP contribution in [0, 0.1) is 5.92 Å². The highest BCUT2D eigenvalue weighted by Crippen LogP contribution is 1.97. The van der Waals surface area contributed by atoms with E-state index >= 15 is 0 Å². The minimum atomic E-state index is -0.989. The molecule has 2 amide bonds. The number of carbonyl (C=O) groups excluding carboxylic acids is 1. The van der Waals surface area contributed by atoms with Gasteiger partial charge in [0, 0.05) is 13.6 Å². The van der Waals surface area contributed by atoms with Crippen LogP contribution in [0.5, 0.6) is 0 Å². The topological polar surface area (TPSA) is 100 Å². The molecule has 0 aliphatic carbocycles. The summed E-state index contributed by atoms with van der Waals surface area (Å²) in [6, 6.07) is -0.193. The quantitative estimate of drug-likeness (QED) is 0.766. The van der Waals surface area contributed by atoms with Crippen LogP contribution in [0.15, 0.2) is 6.20 Å². The summed E-state index contributed by atoms with van der Waals surface area (Å²) >= 11 is 0. The van der Waals surface area contributed by atoms with Crippen molar-refractivity contribution >= 4 is 12.0 Å². The van der Waals surface area contributed by atoms with Gasteiger partial charge in [0.1, 0.15) is 12.2 Å². The van der Waals surface area contributed by atoms with Crippen LogP contribution >= 0.6 is 0 Å². The predicted molar refractivity (Wildman–Crippen MR) is 67.4 cm³/mol. The number of hydrogen-bond acceptors (Lipinski definition) is 4. The molecule has 1 aromatic heterocycles. The normalized spacial score (nSPS) is 10.5. The van der Waals surface area contributed by atoms with Gasteiger partial charge < -0.3 is 15.3 Å². The fourth-order valence-electron chi connectivity index (χ4n) is 1.57. The summed E-state index contributed by atoms with van der Waals surface area (Å²) in [5.74, 6) is -0.593. The van der Waals surface area contributed by atoms with Crippen molar-refractivity contribution in [2.75, 3.05) is 13.6 Å². The van der Waals surface area contributed by atoms with Gasteiger partial charge in [0.25, 0.3) is 0 Å². The predicted octanol–water partition coefficient (Wildman–Crippen LogP) is 0.160. The van der Waals surface area contributed by atoms with E-state index in [0.717, 1.165) is 0 Å². The first-order chi connectivity index (χ1) is 8.88. The van der Waals surface area contributed by atoms with Crippen LogP contribution in [0.1, 0.15) is 19.5 Å². The van der Waals surface area contributed by atoms with Gasteiger partial charge in [0.05, 0.1) is 12.7 Å². The summed E-state index contributed by atoms with van der Waals surface area (Å²) in [6.45, 7) is 4.70. The summed E-state index contributed by atoms with van der Waals surface area (Å²) < 4.78 is 1.21. The third kappa shape index (κ3) is 5.36. The molecule has 0 aromatic carbocycles. The Labute approximate surface area is 111 Å². The van der Waals surface area contributed by atoms with Crippen LogP contribution < -0.4 is 5.32 Å². The lowest BCUT2D eigenvalue weighted by Crippen LogP contribution is -2.38. The molecule has 106 valence electrons. The fourth-order valence-corrected chi connectivity index (χ4v) is 1.57. The second-order valence-electron chi connectivity index (χ2n) is 4.73. The molecule has 1 rings (SSSR count). The van der Waals surface area contributed by atoms with Crippen molar-refractivity contribution < 1.29 is 14.7 Å². The molecule has 0 unspecified atom stereocenters. The third-order valence-corrected chi connectivity index (χ3v) is 2.29. The molecule has 8 heteroatoms. The number of urea groups is 1. The van der Waals surface area contributed by atoms with Crippen LogP contribution in [0.2, 0.25) is 0 Å². The number of carboxylic acids is 1. The number of carboxylic acid groups (broad SMARTS) is 1. The first-order valence-corrected chi connectivity index (χ1v) is 5.98. The molecule has 0 atom stereocenters. The number of nitrogens with one attached hydrogen (secondary N) is 1. The molecule has 1 aromatic rings. The van der Waals surface area contributed by atoms with Crippen molar-refractivity contribution in [2.24, 2.45) is 5.92 Å². The first kappa shape index (κ1) is 14.9. The van der Waals surface area contributed by atoms with E-state index in [2.05, 4.69) is 15.6 Å². The number of carbonyl (C=O) groups is 2. The second-order valence-corrected chi connectivity index (χ2v) is 4.73. The zero-order valence-electron chi connectivity index (χ0n) is 11.3. The Morgan fingerprint density at radius 3 is 2.79 bits per heavy atom. The van der Waals surface area contributed by atoms with E-state index in [0.29, 0.717) is 18.2 Å². The Hall–Kier alpha value is -2.12. The maximum Gasteiger partial charge on any atom is 0.325 e. The lowest BCUT2D eigenvalue weighted by Gasteiger charge is -2.19. The molecule has 0 spiro atoms. The maximum atomic E-state index is 11.7. The standard InChI is InChI=1S/C11H19N5O3/c1-8(2)5-15(3)11(19)12-4-9-6-16(14-13-9)7-10(17)18/h6,8H,4-5,7H2,1-3H3,(H,12,19)(H,17,18). The Balaban J connectivity index is 2.41. The average Bonchev–Trinajstić information content (AvgIpc) is 2.71. The molecular weight excluding hydrogens is 250 g/mol. The highest BCUT2D eigenvalue weighted by atomic mass is 16.4. The lowest BCUT2D eigenvalue weighted by molar-refractivity contribution is -0.137. The minimum Gasteiger partial charge on any atom is -0.480 e. The van der Waals surface area contributed by atoms with Gasteiger partial charge in [0.15, 0.2) is 0 Å². The van der Waals surface area contributed by atoms with E-state index in [4.69, 9.17) is 5.11 Å². The molecule has 8 nitrogen and oxygen atoms in total. The number of nitrogens with zero attached hydrogens (tertiary/aromatic N) is 4. The number of amides is 2. The molecule has 0 aliphatic rings. The second kappa shape index (κ2) is 6.72. The van der Waals surface area contributed by atoms with Gasteiger partial charge in [-0.3, -0.25) is 4.79 Å². The van der Waals surface area contributed by atoms with Crippen molar-refractivity contribution in [1.82, 2.24) is 25.2 Å². The summed E-state index contributed by atoms with van der Waals surface area (Å²) in [4.78, 5) is 23.8. The van der Waals surface area contributed by atoms with E-state index in [-0.39, 0.29) is 19.1 Å². The average molecular weight is 269 g/mol. The molecule has 2 N–H and O–H groups in total. The van der Waals surface area contributed by atoms with E-state index in [1.165, 1.54) is 10.9 Å². The van der Waals surface area contributed by atoms with Gasteiger partial charge >= 0.3 is 12.0 Å². The van der Waals surface area contributed by atoms with E-state index in [9.17, 15) is 9.59 Å². The van der Waals surface area contributed by atoms with E-state index in [1.54, 1.807) is 11.9 Å². The van der Waals surface area contributed by atoms with Crippen molar-refractivity contribution in [3.8, 4) is 0 Å². The van der Waals surface area contributed by atoms with E-state index in [1.807, 2.05) is 13.8 Å². The minimum absolute atomic E-state index is 0.193. The number of aliphatic carboxylic acids is 1. The zero-order chi connectivity index (χ0) is 14.4. The molecule has 19 heavy (non-hydrogen) atoms. The molecule has 0 saturated heterocycles. The highest BCUT2D eigenvalue weighted by molar-refractivity contribution is 5.73. The number of aromatic nitrogens is 3. The number of rotatable bonds is 6. The summed E-state index contributed by atoms with van der Waals surface area (Å²) in [5, 5.41) is 18.7. The Morgan fingerprint density at radius 1 is 1.53 bits per heavy atom. The molecule has 0 saturated carbocycles. The third-order valence-electron chi connectivity index (χ3n) is 2.29. The van der Waals surface area contributed by atoms with Crippen molar-refractivity contribution in [3.05, 3.63) is 11.9 Å². The smallest absolute Gasteiger partial charge is 0.325 e. The van der Waals surface area contributed by atoms with Gasteiger partial charge in [0.2, 0.25) is 0 Å². The van der Waals surface area contributed by atoms with Gasteiger partial charge in [-0.15, -0.1) is 5.10 Å². The highest BCUT2D eigenvalue weighted by Gasteiger charge is 2.10. The van der Waals surface area contributed by atoms with Crippen LogP contribution in [0.3, 0.4) is 0 Å². The first-order valence-electron chi connectivity index (χ1n) is 5.98. The zero-order valence-corrected chi connectivity index (χ0v) is 11.3. The van der Waals surface area contributed by atoms with Gasteiger partial charge in [-0.25, -0.2) is 9.48 Å². The van der Waals surface area contributed by atoms with Crippen LogP contribution in [0.25, 0.3) is 0 Å². The largest absolute Gasteiger partial charge is 0.480 e. The number of hydrogen-bond donors (Lipinski definition) is 2.